The Balaban J connectivity index is 1.86. The maximum Gasteiger partial charge on any atom is -0.00408 e. The average molecular weight is 153 g/mol. The van der Waals surface area contributed by atoms with Gasteiger partial charge in [0.1, 0.15) is 0 Å². The number of hydrogen-bond acceptors (Lipinski definition) is 1. The van der Waals surface area contributed by atoms with E-state index in [0.29, 0.717) is 5.41 Å². The normalized spacial score (nSPS) is 40.6. The molecule has 0 aliphatic heterocycles. The molecule has 0 heterocycles. The Morgan fingerprint density at radius 1 is 1.27 bits per heavy atom. The molecule has 0 aromatic carbocycles. The van der Waals surface area contributed by atoms with Gasteiger partial charge in [-0.25, -0.2) is 0 Å². The maximum absolute atomic E-state index is 5.70. The Morgan fingerprint density at radius 3 is 2.27 bits per heavy atom. The van der Waals surface area contributed by atoms with Crippen LogP contribution in [-0.2, 0) is 0 Å². The fourth-order valence-electron chi connectivity index (χ4n) is 2.51. The van der Waals surface area contributed by atoms with Gasteiger partial charge in [-0.15, -0.1) is 0 Å². The van der Waals surface area contributed by atoms with E-state index in [2.05, 4.69) is 13.8 Å². The summed E-state index contributed by atoms with van der Waals surface area (Å²) in [5.41, 5.74) is 6.28. The summed E-state index contributed by atoms with van der Waals surface area (Å²) in [6.07, 6.45) is 4.45. The highest BCUT2D eigenvalue weighted by molar-refractivity contribution is 5.06. The van der Waals surface area contributed by atoms with Crippen molar-refractivity contribution in [1.82, 2.24) is 0 Å². The molecule has 1 nitrogen and oxygen atoms in total. The van der Waals surface area contributed by atoms with Crippen LogP contribution in [-0.4, -0.2) is 6.54 Å². The molecule has 2 atom stereocenters. The topological polar surface area (TPSA) is 26.0 Å². The van der Waals surface area contributed by atoms with E-state index in [1.54, 1.807) is 0 Å². The SMILES string of the molecule is CC1(C)C(CN)C1CC1CC1. The van der Waals surface area contributed by atoms with Crippen molar-refractivity contribution in [1.29, 1.82) is 0 Å². The standard InChI is InChI=1S/C10H19N/c1-10(2)8(9(10)6-11)5-7-3-4-7/h7-9H,3-6,11H2,1-2H3. The third kappa shape index (κ3) is 1.20. The van der Waals surface area contributed by atoms with E-state index >= 15 is 0 Å². The predicted octanol–water partition coefficient (Wildman–Crippen LogP) is 2.02. The lowest BCUT2D eigenvalue weighted by atomic mass is 10.1. The van der Waals surface area contributed by atoms with Crippen molar-refractivity contribution in [2.45, 2.75) is 33.1 Å². The van der Waals surface area contributed by atoms with Crippen LogP contribution in [0.4, 0.5) is 0 Å². The molecule has 1 heteroatoms. The molecule has 2 unspecified atom stereocenters. The molecule has 0 amide bonds. The second kappa shape index (κ2) is 2.22. The van der Waals surface area contributed by atoms with Crippen LogP contribution in [0.25, 0.3) is 0 Å². The first-order valence-electron chi connectivity index (χ1n) is 4.86. The molecule has 2 rings (SSSR count). The lowest BCUT2D eigenvalue weighted by molar-refractivity contribution is 0.505. The summed E-state index contributed by atoms with van der Waals surface area (Å²) < 4.78 is 0. The molecular weight excluding hydrogens is 134 g/mol. The monoisotopic (exact) mass is 153 g/mol. The van der Waals surface area contributed by atoms with Crippen LogP contribution >= 0.6 is 0 Å². The first-order chi connectivity index (χ1) is 5.16. The number of hydrogen-bond donors (Lipinski definition) is 1. The highest BCUT2D eigenvalue weighted by atomic mass is 14.7. The van der Waals surface area contributed by atoms with Gasteiger partial charge in [0.05, 0.1) is 0 Å². The molecule has 2 fully saturated rings. The summed E-state index contributed by atoms with van der Waals surface area (Å²) in [6, 6.07) is 0. The predicted molar refractivity (Wildman–Crippen MR) is 47.2 cm³/mol. The first kappa shape index (κ1) is 7.60. The molecule has 0 radical (unpaired) electrons. The largest absolute Gasteiger partial charge is 0.330 e. The lowest BCUT2D eigenvalue weighted by Crippen LogP contribution is -2.05. The van der Waals surface area contributed by atoms with E-state index in [9.17, 15) is 0 Å². The second-order valence-corrected chi connectivity index (χ2v) is 4.95. The van der Waals surface area contributed by atoms with Crippen molar-refractivity contribution >= 4 is 0 Å². The van der Waals surface area contributed by atoms with Gasteiger partial charge in [-0.1, -0.05) is 26.7 Å². The van der Waals surface area contributed by atoms with Crippen molar-refractivity contribution < 1.29 is 0 Å². The summed E-state index contributed by atoms with van der Waals surface area (Å²) in [5.74, 6) is 2.87. The summed E-state index contributed by atoms with van der Waals surface area (Å²) in [6.45, 7) is 5.65. The molecule has 64 valence electrons. The van der Waals surface area contributed by atoms with Gasteiger partial charge in [-0.2, -0.15) is 0 Å². The van der Waals surface area contributed by atoms with Crippen molar-refractivity contribution in [3.63, 3.8) is 0 Å². The summed E-state index contributed by atoms with van der Waals surface area (Å²) in [4.78, 5) is 0. The number of rotatable bonds is 3. The second-order valence-electron chi connectivity index (χ2n) is 4.95. The minimum Gasteiger partial charge on any atom is -0.330 e. The van der Waals surface area contributed by atoms with Gasteiger partial charge < -0.3 is 5.73 Å². The summed E-state index contributed by atoms with van der Waals surface area (Å²) >= 11 is 0. The third-order valence-electron chi connectivity index (χ3n) is 3.83. The molecule has 0 aromatic rings. The van der Waals surface area contributed by atoms with Crippen LogP contribution in [0.1, 0.15) is 33.1 Å². The molecule has 0 saturated heterocycles. The van der Waals surface area contributed by atoms with Gasteiger partial charge in [0.2, 0.25) is 0 Å². The smallest absolute Gasteiger partial charge is 0.00408 e. The zero-order valence-corrected chi connectivity index (χ0v) is 7.64. The minimum atomic E-state index is 0.581. The Labute approximate surface area is 69.4 Å². The first-order valence-corrected chi connectivity index (χ1v) is 4.86. The highest BCUT2D eigenvalue weighted by Crippen LogP contribution is 2.62. The van der Waals surface area contributed by atoms with Gasteiger partial charge in [-0.3, -0.25) is 0 Å². The van der Waals surface area contributed by atoms with Gasteiger partial charge >= 0.3 is 0 Å². The van der Waals surface area contributed by atoms with E-state index in [4.69, 9.17) is 5.73 Å². The molecule has 11 heavy (non-hydrogen) atoms. The van der Waals surface area contributed by atoms with Crippen LogP contribution in [0.3, 0.4) is 0 Å². The van der Waals surface area contributed by atoms with E-state index in [-0.39, 0.29) is 0 Å². The Morgan fingerprint density at radius 2 is 1.91 bits per heavy atom. The van der Waals surface area contributed by atoms with Crippen LogP contribution in [0, 0.1) is 23.2 Å². The zero-order valence-electron chi connectivity index (χ0n) is 7.64. The Bertz CT molecular complexity index is 158. The minimum absolute atomic E-state index is 0.581. The summed E-state index contributed by atoms with van der Waals surface area (Å²) in [5, 5.41) is 0. The van der Waals surface area contributed by atoms with Gasteiger partial charge in [0.15, 0.2) is 0 Å². The highest BCUT2D eigenvalue weighted by Gasteiger charge is 2.57. The van der Waals surface area contributed by atoms with Crippen molar-refractivity contribution in [3.8, 4) is 0 Å². The third-order valence-corrected chi connectivity index (χ3v) is 3.83. The van der Waals surface area contributed by atoms with Crippen LogP contribution < -0.4 is 5.73 Å². The van der Waals surface area contributed by atoms with Crippen LogP contribution in [0.5, 0.6) is 0 Å². The quantitative estimate of drug-likeness (QED) is 0.659. The number of nitrogens with two attached hydrogens (primary N) is 1. The molecule has 2 aliphatic carbocycles. The van der Waals surface area contributed by atoms with Gasteiger partial charge in [-0.05, 0) is 36.1 Å². The molecule has 0 bridgehead atoms. The van der Waals surface area contributed by atoms with Gasteiger partial charge in [0, 0.05) is 0 Å². The lowest BCUT2D eigenvalue weighted by Gasteiger charge is -1.99. The molecular formula is C10H19N. The van der Waals surface area contributed by atoms with E-state index in [1.807, 2.05) is 0 Å². The zero-order chi connectivity index (χ0) is 8.06. The van der Waals surface area contributed by atoms with Crippen molar-refractivity contribution in [2.24, 2.45) is 28.9 Å². The average Bonchev–Trinajstić information content (AvgIpc) is 2.77. The molecule has 2 aliphatic rings. The fraction of sp³-hybridized carbons (Fsp3) is 1.00. The van der Waals surface area contributed by atoms with Crippen molar-refractivity contribution in [2.75, 3.05) is 6.54 Å². The van der Waals surface area contributed by atoms with E-state index in [1.165, 1.54) is 19.3 Å². The molecule has 2 saturated carbocycles. The molecule has 2 N–H and O–H groups in total. The van der Waals surface area contributed by atoms with Gasteiger partial charge in [0.25, 0.3) is 0 Å². The molecule has 0 spiro atoms. The Hall–Kier alpha value is -0.0400. The van der Waals surface area contributed by atoms with Crippen LogP contribution in [0.2, 0.25) is 0 Å². The molecule has 0 aromatic heterocycles. The van der Waals surface area contributed by atoms with Crippen LogP contribution in [0.15, 0.2) is 0 Å². The maximum atomic E-state index is 5.70. The van der Waals surface area contributed by atoms with Crippen molar-refractivity contribution in [3.05, 3.63) is 0 Å². The summed E-state index contributed by atoms with van der Waals surface area (Å²) in [7, 11) is 0. The Kier molecular flexibility index (Phi) is 1.54. The fourth-order valence-corrected chi connectivity index (χ4v) is 2.51. The van der Waals surface area contributed by atoms with E-state index in [0.717, 1.165) is 24.3 Å². The van der Waals surface area contributed by atoms with E-state index < -0.39 is 0 Å².